The zero-order valence-electron chi connectivity index (χ0n) is 18.8. The lowest BCUT2D eigenvalue weighted by molar-refractivity contribution is 0.0615. The lowest BCUT2D eigenvalue weighted by Gasteiger charge is -2.33. The molecular formula is C23H36N4O. The second-order valence-corrected chi connectivity index (χ2v) is 9.86. The Balaban J connectivity index is 2.23. The van der Waals surface area contributed by atoms with Crippen LogP contribution in [0.3, 0.4) is 0 Å². The minimum Gasteiger partial charge on any atom is -0.333 e. The highest BCUT2D eigenvalue weighted by Crippen LogP contribution is 2.32. The molecule has 0 radical (unpaired) electrons. The molecule has 0 unspecified atom stereocenters. The van der Waals surface area contributed by atoms with Gasteiger partial charge < -0.3 is 4.90 Å². The van der Waals surface area contributed by atoms with E-state index in [1.54, 1.807) is 0 Å². The molecule has 28 heavy (non-hydrogen) atoms. The molecule has 5 heteroatoms. The van der Waals surface area contributed by atoms with Gasteiger partial charge in [-0.1, -0.05) is 26.7 Å². The van der Waals surface area contributed by atoms with Crippen LogP contribution < -0.4 is 0 Å². The molecule has 2 aromatic rings. The maximum absolute atomic E-state index is 13.8. The first kappa shape index (κ1) is 20.8. The van der Waals surface area contributed by atoms with Crippen molar-refractivity contribution in [2.24, 2.45) is 0 Å². The summed E-state index contributed by atoms with van der Waals surface area (Å²) in [5.74, 6) is 0.381. The number of aryl methyl sites for hydroxylation is 1. The van der Waals surface area contributed by atoms with Gasteiger partial charge in [-0.25, -0.2) is 9.67 Å². The molecule has 0 saturated heterocycles. The van der Waals surface area contributed by atoms with Crippen LogP contribution in [0.15, 0.2) is 6.07 Å². The monoisotopic (exact) mass is 384 g/mol. The summed E-state index contributed by atoms with van der Waals surface area (Å²) in [7, 11) is 0. The van der Waals surface area contributed by atoms with Crippen LogP contribution in [0.5, 0.6) is 0 Å². The Labute approximate surface area is 169 Å². The number of hydrogen-bond donors (Lipinski definition) is 0. The van der Waals surface area contributed by atoms with E-state index in [0.29, 0.717) is 6.04 Å². The zero-order chi connectivity index (χ0) is 20.8. The van der Waals surface area contributed by atoms with Crippen molar-refractivity contribution in [2.75, 3.05) is 0 Å². The molecule has 1 fully saturated rings. The van der Waals surface area contributed by atoms with E-state index in [1.165, 1.54) is 12.8 Å². The molecule has 5 nitrogen and oxygen atoms in total. The number of carbonyl (C=O) groups is 1. The minimum atomic E-state index is -0.196. The maximum atomic E-state index is 13.8. The van der Waals surface area contributed by atoms with Crippen LogP contribution >= 0.6 is 0 Å². The van der Waals surface area contributed by atoms with Gasteiger partial charge in [-0.15, -0.1) is 0 Å². The van der Waals surface area contributed by atoms with Gasteiger partial charge in [0.2, 0.25) is 0 Å². The fourth-order valence-electron chi connectivity index (χ4n) is 4.38. The molecule has 3 rings (SSSR count). The van der Waals surface area contributed by atoms with Gasteiger partial charge >= 0.3 is 0 Å². The standard InChI is InChI=1S/C23H36N4O/c1-14(2)19-13-18(22(28)26(15(3)4)17-11-9-10-12-17)20-16(5)25-27(21(20)24-19)23(6,7)8/h13-15,17H,9-12H2,1-8H3. The molecule has 0 atom stereocenters. The Kier molecular flexibility index (Phi) is 5.57. The van der Waals surface area contributed by atoms with Crippen molar-refractivity contribution in [1.82, 2.24) is 19.7 Å². The van der Waals surface area contributed by atoms with Crippen molar-refractivity contribution in [3.63, 3.8) is 0 Å². The average Bonchev–Trinajstić information content (AvgIpc) is 3.21. The van der Waals surface area contributed by atoms with E-state index in [1.807, 2.05) is 17.7 Å². The van der Waals surface area contributed by atoms with Crippen molar-refractivity contribution >= 4 is 16.9 Å². The summed E-state index contributed by atoms with van der Waals surface area (Å²) in [5.41, 5.74) is 3.23. The van der Waals surface area contributed by atoms with Gasteiger partial charge in [0.1, 0.15) is 0 Å². The van der Waals surface area contributed by atoms with Gasteiger partial charge in [-0.3, -0.25) is 4.79 Å². The summed E-state index contributed by atoms with van der Waals surface area (Å²) in [4.78, 5) is 20.9. The summed E-state index contributed by atoms with van der Waals surface area (Å²) in [5, 5.41) is 5.70. The molecule has 1 aliphatic rings. The summed E-state index contributed by atoms with van der Waals surface area (Å²) < 4.78 is 1.98. The molecule has 0 spiro atoms. The van der Waals surface area contributed by atoms with Crippen molar-refractivity contribution < 1.29 is 4.79 Å². The van der Waals surface area contributed by atoms with Crippen LogP contribution in [-0.2, 0) is 5.54 Å². The van der Waals surface area contributed by atoms with E-state index in [9.17, 15) is 4.79 Å². The summed E-state index contributed by atoms with van der Waals surface area (Å²) in [6.45, 7) is 16.9. The van der Waals surface area contributed by atoms with E-state index in [-0.39, 0.29) is 23.4 Å². The Morgan fingerprint density at radius 3 is 2.29 bits per heavy atom. The second kappa shape index (κ2) is 7.49. The third-order valence-corrected chi connectivity index (χ3v) is 5.80. The number of nitrogens with zero attached hydrogens (tertiary/aromatic N) is 4. The molecule has 0 N–H and O–H groups in total. The highest BCUT2D eigenvalue weighted by atomic mass is 16.2. The van der Waals surface area contributed by atoms with Crippen molar-refractivity contribution in [3.8, 4) is 0 Å². The number of fused-ring (bicyclic) bond motifs is 1. The number of pyridine rings is 1. The Morgan fingerprint density at radius 1 is 1.18 bits per heavy atom. The smallest absolute Gasteiger partial charge is 0.255 e. The first-order chi connectivity index (χ1) is 13.0. The fraction of sp³-hybridized carbons (Fsp3) is 0.696. The summed E-state index contributed by atoms with van der Waals surface area (Å²) >= 11 is 0. The van der Waals surface area contributed by atoms with Gasteiger partial charge in [0.15, 0.2) is 5.65 Å². The highest BCUT2D eigenvalue weighted by Gasteiger charge is 2.32. The predicted molar refractivity (Wildman–Crippen MR) is 115 cm³/mol. The molecule has 1 saturated carbocycles. The van der Waals surface area contributed by atoms with Crippen LogP contribution in [0.4, 0.5) is 0 Å². The summed E-state index contributed by atoms with van der Waals surface area (Å²) in [6, 6.07) is 2.54. The van der Waals surface area contributed by atoms with E-state index in [4.69, 9.17) is 10.1 Å². The lowest BCUT2D eigenvalue weighted by atomic mass is 10.0. The SMILES string of the molecule is Cc1nn(C(C)(C)C)c2nc(C(C)C)cc(C(=O)N(C(C)C)C3CCCC3)c12. The molecule has 1 aliphatic carbocycles. The number of aromatic nitrogens is 3. The largest absolute Gasteiger partial charge is 0.333 e. The van der Waals surface area contributed by atoms with E-state index < -0.39 is 0 Å². The van der Waals surface area contributed by atoms with Gasteiger partial charge in [-0.05, 0) is 66.4 Å². The Bertz CT molecular complexity index is 867. The van der Waals surface area contributed by atoms with Crippen LogP contribution in [0.2, 0.25) is 0 Å². The first-order valence-corrected chi connectivity index (χ1v) is 10.8. The normalized spacial score (nSPS) is 15.9. The Morgan fingerprint density at radius 2 is 1.79 bits per heavy atom. The fourth-order valence-corrected chi connectivity index (χ4v) is 4.38. The van der Waals surface area contributed by atoms with Crippen LogP contribution in [0, 0.1) is 6.92 Å². The topological polar surface area (TPSA) is 51.0 Å². The van der Waals surface area contributed by atoms with Crippen LogP contribution in [-0.4, -0.2) is 37.7 Å². The van der Waals surface area contributed by atoms with E-state index >= 15 is 0 Å². The van der Waals surface area contributed by atoms with Gasteiger partial charge in [-0.2, -0.15) is 5.10 Å². The molecule has 0 bridgehead atoms. The summed E-state index contributed by atoms with van der Waals surface area (Å²) in [6.07, 6.45) is 4.64. The number of hydrogen-bond acceptors (Lipinski definition) is 3. The second-order valence-electron chi connectivity index (χ2n) is 9.86. The van der Waals surface area contributed by atoms with Crippen molar-refractivity contribution in [1.29, 1.82) is 0 Å². The molecule has 0 aromatic carbocycles. The highest BCUT2D eigenvalue weighted by molar-refractivity contribution is 6.06. The first-order valence-electron chi connectivity index (χ1n) is 10.8. The van der Waals surface area contributed by atoms with Crippen LogP contribution in [0.25, 0.3) is 11.0 Å². The zero-order valence-corrected chi connectivity index (χ0v) is 18.8. The van der Waals surface area contributed by atoms with Gasteiger partial charge in [0.05, 0.1) is 22.2 Å². The molecule has 0 aliphatic heterocycles. The predicted octanol–water partition coefficient (Wildman–Crippen LogP) is 5.41. The number of carbonyl (C=O) groups excluding carboxylic acids is 1. The molecule has 1 amide bonds. The average molecular weight is 385 g/mol. The Hall–Kier alpha value is -1.91. The third kappa shape index (κ3) is 3.68. The van der Waals surface area contributed by atoms with Crippen molar-refractivity contribution in [3.05, 3.63) is 23.0 Å². The minimum absolute atomic E-state index is 0.132. The van der Waals surface area contributed by atoms with E-state index in [2.05, 4.69) is 53.4 Å². The molecule has 2 aromatic heterocycles. The molecule has 2 heterocycles. The molecule has 154 valence electrons. The maximum Gasteiger partial charge on any atom is 0.255 e. The van der Waals surface area contributed by atoms with Gasteiger partial charge in [0, 0.05) is 17.8 Å². The van der Waals surface area contributed by atoms with E-state index in [0.717, 1.165) is 40.8 Å². The number of amides is 1. The van der Waals surface area contributed by atoms with Crippen molar-refractivity contribution in [2.45, 2.75) is 105 Å². The third-order valence-electron chi connectivity index (χ3n) is 5.80. The van der Waals surface area contributed by atoms with Crippen LogP contribution in [0.1, 0.15) is 102 Å². The lowest BCUT2D eigenvalue weighted by Crippen LogP contribution is -2.43. The molecular weight excluding hydrogens is 348 g/mol. The van der Waals surface area contributed by atoms with Gasteiger partial charge in [0.25, 0.3) is 5.91 Å². The quantitative estimate of drug-likeness (QED) is 0.708. The number of rotatable bonds is 4.